The lowest BCUT2D eigenvalue weighted by Crippen LogP contribution is -1.88. The number of nitrogen functional groups attached to an aromatic ring is 1. The average Bonchev–Trinajstić information content (AvgIpc) is 2.52. The normalized spacial score (nSPS) is 10.2. The summed E-state index contributed by atoms with van der Waals surface area (Å²) in [4.78, 5) is 8.31. The highest BCUT2D eigenvalue weighted by atomic mass is 127. The smallest absolute Gasteiger partial charge is 0.200 e. The number of nitrogens with two attached hydrogens (primary N) is 1. The van der Waals surface area contributed by atoms with Crippen LogP contribution in [0.5, 0.6) is 0 Å². The molecule has 4 nitrogen and oxygen atoms in total. The number of halogens is 1. The van der Waals surface area contributed by atoms with Crippen LogP contribution in [-0.2, 0) is 0 Å². The van der Waals surface area contributed by atoms with Crippen LogP contribution in [-0.4, -0.2) is 14.3 Å². The number of nitrogens with zero attached hydrogens (tertiary/aromatic N) is 3. The molecule has 0 aliphatic carbocycles. The molecule has 0 fully saturated rings. The maximum Gasteiger partial charge on any atom is 0.200 e. The molecule has 0 atom stereocenters. The first-order chi connectivity index (χ1) is 6.25. The monoisotopic (exact) mass is 304 g/mol. The maximum absolute atomic E-state index is 5.47. The van der Waals surface area contributed by atoms with Crippen molar-refractivity contribution in [3.63, 3.8) is 0 Å². The van der Waals surface area contributed by atoms with E-state index in [2.05, 4.69) is 36.9 Å². The minimum Gasteiger partial charge on any atom is -0.374 e. The minimum absolute atomic E-state index is 0.468. The SMILES string of the molecule is Nc1nc(-c2cccc(I)n2)ns1. The topological polar surface area (TPSA) is 64.7 Å². The van der Waals surface area contributed by atoms with E-state index in [0.717, 1.165) is 9.39 Å². The lowest BCUT2D eigenvalue weighted by atomic mass is 10.3. The molecular weight excluding hydrogens is 299 g/mol. The van der Waals surface area contributed by atoms with Crippen molar-refractivity contribution in [1.29, 1.82) is 0 Å². The zero-order valence-corrected chi connectivity index (χ0v) is 9.41. The largest absolute Gasteiger partial charge is 0.374 e. The van der Waals surface area contributed by atoms with E-state index in [4.69, 9.17) is 5.73 Å². The second kappa shape index (κ2) is 3.54. The molecule has 0 radical (unpaired) electrons. The van der Waals surface area contributed by atoms with Crippen LogP contribution in [0.4, 0.5) is 5.13 Å². The zero-order valence-electron chi connectivity index (χ0n) is 6.44. The summed E-state index contributed by atoms with van der Waals surface area (Å²) >= 11 is 3.32. The quantitative estimate of drug-likeness (QED) is 0.644. The molecule has 13 heavy (non-hydrogen) atoms. The number of hydrogen-bond acceptors (Lipinski definition) is 5. The van der Waals surface area contributed by atoms with Gasteiger partial charge in [0.25, 0.3) is 0 Å². The first kappa shape index (κ1) is 8.82. The van der Waals surface area contributed by atoms with Crippen molar-refractivity contribution in [2.45, 2.75) is 0 Å². The fourth-order valence-electron chi connectivity index (χ4n) is 0.872. The van der Waals surface area contributed by atoms with Crippen LogP contribution >= 0.6 is 34.1 Å². The van der Waals surface area contributed by atoms with Gasteiger partial charge in [-0.15, -0.1) is 0 Å². The highest BCUT2D eigenvalue weighted by Crippen LogP contribution is 2.17. The van der Waals surface area contributed by atoms with Gasteiger partial charge in [-0.1, -0.05) is 6.07 Å². The Morgan fingerprint density at radius 2 is 2.15 bits per heavy atom. The van der Waals surface area contributed by atoms with Gasteiger partial charge in [0, 0.05) is 11.5 Å². The van der Waals surface area contributed by atoms with Crippen molar-refractivity contribution in [2.75, 3.05) is 5.73 Å². The predicted octanol–water partition coefficient (Wildman–Crippen LogP) is 1.79. The van der Waals surface area contributed by atoms with Gasteiger partial charge in [0.2, 0.25) is 0 Å². The Morgan fingerprint density at radius 1 is 1.31 bits per heavy atom. The second-order valence-corrected chi connectivity index (χ2v) is 4.19. The summed E-state index contributed by atoms with van der Waals surface area (Å²) in [5, 5.41) is 0.468. The molecule has 0 amide bonds. The molecule has 0 aliphatic heterocycles. The Morgan fingerprint density at radius 3 is 2.77 bits per heavy atom. The van der Waals surface area contributed by atoms with E-state index >= 15 is 0 Å². The van der Waals surface area contributed by atoms with E-state index in [1.54, 1.807) is 0 Å². The van der Waals surface area contributed by atoms with Gasteiger partial charge in [-0.05, 0) is 34.7 Å². The van der Waals surface area contributed by atoms with Gasteiger partial charge in [-0.3, -0.25) is 0 Å². The fraction of sp³-hybridized carbons (Fsp3) is 0. The number of pyridine rings is 1. The number of hydrogen-bond donors (Lipinski definition) is 1. The number of rotatable bonds is 1. The fourth-order valence-corrected chi connectivity index (χ4v) is 1.78. The molecule has 0 unspecified atom stereocenters. The molecule has 0 bridgehead atoms. The van der Waals surface area contributed by atoms with Crippen LogP contribution in [0, 0.1) is 3.70 Å². The summed E-state index contributed by atoms with van der Waals surface area (Å²) in [5.74, 6) is 0.598. The molecule has 0 saturated carbocycles. The molecule has 0 saturated heterocycles. The summed E-state index contributed by atoms with van der Waals surface area (Å²) in [5.41, 5.74) is 6.23. The third-order valence-electron chi connectivity index (χ3n) is 1.39. The third-order valence-corrected chi connectivity index (χ3v) is 2.53. The average molecular weight is 304 g/mol. The molecule has 0 aliphatic rings. The predicted molar refractivity (Wildman–Crippen MR) is 60.3 cm³/mol. The van der Waals surface area contributed by atoms with Gasteiger partial charge in [0.05, 0.1) is 0 Å². The van der Waals surface area contributed by atoms with Gasteiger partial charge >= 0.3 is 0 Å². The Labute approximate surface area is 92.5 Å². The molecule has 2 aromatic heterocycles. The Bertz CT molecular complexity index is 428. The molecule has 2 aromatic rings. The van der Waals surface area contributed by atoms with Crippen LogP contribution in [0.15, 0.2) is 18.2 Å². The number of anilines is 1. The Hall–Kier alpha value is -0.760. The first-order valence-corrected chi connectivity index (χ1v) is 5.33. The summed E-state index contributed by atoms with van der Waals surface area (Å²) in [6, 6.07) is 5.70. The summed E-state index contributed by atoms with van der Waals surface area (Å²) in [7, 11) is 0. The molecule has 0 spiro atoms. The summed E-state index contributed by atoms with van der Waals surface area (Å²) in [6.45, 7) is 0. The molecular formula is C7H5IN4S. The molecule has 2 rings (SSSR count). The van der Waals surface area contributed by atoms with Gasteiger partial charge in [-0.25, -0.2) is 4.98 Å². The Kier molecular flexibility index (Phi) is 2.40. The first-order valence-electron chi connectivity index (χ1n) is 3.48. The van der Waals surface area contributed by atoms with Gasteiger partial charge in [-0.2, -0.15) is 9.36 Å². The van der Waals surface area contributed by atoms with Crippen molar-refractivity contribution < 1.29 is 0 Å². The standard InChI is InChI=1S/C7H5IN4S/c8-5-3-1-2-4(10-5)6-11-7(9)13-12-6/h1-3H,(H2,9,11,12). The van der Waals surface area contributed by atoms with E-state index in [1.807, 2.05) is 18.2 Å². The van der Waals surface area contributed by atoms with E-state index in [9.17, 15) is 0 Å². The van der Waals surface area contributed by atoms with Gasteiger partial charge < -0.3 is 5.73 Å². The van der Waals surface area contributed by atoms with Crippen molar-refractivity contribution in [1.82, 2.24) is 14.3 Å². The third kappa shape index (κ3) is 1.94. The highest BCUT2D eigenvalue weighted by Gasteiger charge is 2.05. The summed E-state index contributed by atoms with van der Waals surface area (Å²) < 4.78 is 4.99. The zero-order chi connectivity index (χ0) is 9.26. The van der Waals surface area contributed by atoms with Crippen LogP contribution in [0.1, 0.15) is 0 Å². The lowest BCUT2D eigenvalue weighted by Gasteiger charge is -1.93. The number of aromatic nitrogens is 3. The Balaban J connectivity index is 2.46. The maximum atomic E-state index is 5.47. The summed E-state index contributed by atoms with van der Waals surface area (Å²) in [6.07, 6.45) is 0. The van der Waals surface area contributed by atoms with E-state index in [0.29, 0.717) is 11.0 Å². The van der Waals surface area contributed by atoms with Crippen molar-refractivity contribution in [2.24, 2.45) is 0 Å². The van der Waals surface area contributed by atoms with Crippen molar-refractivity contribution >= 4 is 39.3 Å². The molecule has 6 heteroatoms. The van der Waals surface area contributed by atoms with Crippen molar-refractivity contribution in [3.05, 3.63) is 21.9 Å². The molecule has 66 valence electrons. The minimum atomic E-state index is 0.468. The molecule has 2 heterocycles. The molecule has 0 aromatic carbocycles. The second-order valence-electron chi connectivity index (χ2n) is 2.30. The van der Waals surface area contributed by atoms with Crippen LogP contribution in [0.2, 0.25) is 0 Å². The van der Waals surface area contributed by atoms with E-state index in [-0.39, 0.29) is 0 Å². The van der Waals surface area contributed by atoms with Crippen molar-refractivity contribution in [3.8, 4) is 11.5 Å². The highest BCUT2D eigenvalue weighted by molar-refractivity contribution is 14.1. The van der Waals surface area contributed by atoms with Crippen LogP contribution < -0.4 is 5.73 Å². The van der Waals surface area contributed by atoms with E-state index < -0.39 is 0 Å². The molecule has 2 N–H and O–H groups in total. The van der Waals surface area contributed by atoms with Gasteiger partial charge in [0.1, 0.15) is 9.39 Å². The van der Waals surface area contributed by atoms with E-state index in [1.165, 1.54) is 11.5 Å². The van der Waals surface area contributed by atoms with Crippen LogP contribution in [0.25, 0.3) is 11.5 Å². The lowest BCUT2D eigenvalue weighted by molar-refractivity contribution is 1.21. The van der Waals surface area contributed by atoms with Crippen LogP contribution in [0.3, 0.4) is 0 Å². The van der Waals surface area contributed by atoms with Gasteiger partial charge in [0.15, 0.2) is 11.0 Å².